The van der Waals surface area contributed by atoms with Crippen molar-refractivity contribution < 1.29 is 13.2 Å². The normalized spacial score (nSPS) is 12.4. The van der Waals surface area contributed by atoms with Crippen molar-refractivity contribution in [3.8, 4) is 0 Å². The molecule has 0 fully saturated rings. The van der Waals surface area contributed by atoms with E-state index in [0.717, 1.165) is 10.7 Å². The molecule has 2 aromatic rings. The number of hydrogen-bond donors (Lipinski definition) is 1. The Morgan fingerprint density at radius 3 is 2.32 bits per heavy atom. The molecule has 0 aliphatic carbocycles. The van der Waals surface area contributed by atoms with Crippen molar-refractivity contribution in [2.75, 3.05) is 10.8 Å². The number of sulfonamides is 1. The van der Waals surface area contributed by atoms with Crippen molar-refractivity contribution in [3.05, 3.63) is 59.6 Å². The summed E-state index contributed by atoms with van der Waals surface area (Å²) >= 11 is 6.19. The number of carbonyl (C=O) groups is 1. The highest BCUT2D eigenvalue weighted by atomic mass is 35.5. The third-order valence-electron chi connectivity index (χ3n) is 3.76. The summed E-state index contributed by atoms with van der Waals surface area (Å²) in [5, 5.41) is 3.05. The van der Waals surface area contributed by atoms with Gasteiger partial charge in [-0.2, -0.15) is 0 Å². The van der Waals surface area contributed by atoms with Gasteiger partial charge in [0.05, 0.1) is 15.6 Å². The second-order valence-corrected chi connectivity index (χ2v) is 7.92. The topological polar surface area (TPSA) is 66.5 Å². The zero-order valence-corrected chi connectivity index (χ0v) is 15.7. The van der Waals surface area contributed by atoms with Crippen molar-refractivity contribution in [1.29, 1.82) is 0 Å². The van der Waals surface area contributed by atoms with Crippen molar-refractivity contribution in [1.82, 2.24) is 5.32 Å². The number of nitrogens with one attached hydrogen (secondary N) is 1. The number of halogens is 1. The van der Waals surface area contributed by atoms with E-state index in [2.05, 4.69) is 5.32 Å². The van der Waals surface area contributed by atoms with Crippen LogP contribution in [0.3, 0.4) is 0 Å². The van der Waals surface area contributed by atoms with Gasteiger partial charge in [0, 0.05) is 6.04 Å². The van der Waals surface area contributed by atoms with Gasteiger partial charge in [0.15, 0.2) is 0 Å². The Hall–Kier alpha value is -2.05. The fraction of sp³-hybridized carbons (Fsp3) is 0.278. The Kier molecular flexibility index (Phi) is 6.45. The molecule has 1 N–H and O–H groups in total. The fourth-order valence-corrected chi connectivity index (χ4v) is 3.98. The van der Waals surface area contributed by atoms with Crippen LogP contribution >= 0.6 is 11.6 Å². The van der Waals surface area contributed by atoms with Crippen LogP contribution in [-0.2, 0) is 14.8 Å². The Bertz CT molecular complexity index is 825. The van der Waals surface area contributed by atoms with Gasteiger partial charge < -0.3 is 5.32 Å². The molecule has 0 spiro atoms. The monoisotopic (exact) mass is 380 g/mol. The van der Waals surface area contributed by atoms with Gasteiger partial charge in [-0.1, -0.05) is 48.9 Å². The highest BCUT2D eigenvalue weighted by Crippen LogP contribution is 2.30. The second-order valence-electron chi connectivity index (χ2n) is 5.65. The summed E-state index contributed by atoms with van der Waals surface area (Å²) < 4.78 is 27.2. The van der Waals surface area contributed by atoms with E-state index in [1.54, 1.807) is 42.5 Å². The number of hydrogen-bond acceptors (Lipinski definition) is 3. The molecule has 0 unspecified atom stereocenters. The summed E-state index contributed by atoms with van der Waals surface area (Å²) in [7, 11) is -3.93. The summed E-state index contributed by atoms with van der Waals surface area (Å²) in [4.78, 5) is 12.4. The minimum absolute atomic E-state index is 0.0416. The molecule has 0 aliphatic heterocycles. The zero-order valence-electron chi connectivity index (χ0n) is 14.1. The lowest BCUT2D eigenvalue weighted by Gasteiger charge is -2.25. The van der Waals surface area contributed by atoms with Gasteiger partial charge >= 0.3 is 0 Å². The van der Waals surface area contributed by atoms with Crippen LogP contribution < -0.4 is 9.62 Å². The first-order valence-electron chi connectivity index (χ1n) is 7.98. The van der Waals surface area contributed by atoms with Crippen molar-refractivity contribution in [2.24, 2.45) is 0 Å². The van der Waals surface area contributed by atoms with Gasteiger partial charge in [-0.15, -0.1) is 0 Å². The number of benzene rings is 2. The van der Waals surface area contributed by atoms with Gasteiger partial charge in [0.2, 0.25) is 5.91 Å². The van der Waals surface area contributed by atoms with Crippen LogP contribution in [0.5, 0.6) is 0 Å². The maximum Gasteiger partial charge on any atom is 0.264 e. The lowest BCUT2D eigenvalue weighted by Crippen LogP contribution is -2.43. The third kappa shape index (κ3) is 4.74. The average molecular weight is 381 g/mol. The van der Waals surface area contributed by atoms with Crippen molar-refractivity contribution in [2.45, 2.75) is 31.2 Å². The van der Waals surface area contributed by atoms with E-state index in [1.807, 2.05) is 13.8 Å². The molecule has 5 nitrogen and oxygen atoms in total. The van der Waals surface area contributed by atoms with Gasteiger partial charge in [0.1, 0.15) is 6.54 Å². The highest BCUT2D eigenvalue weighted by molar-refractivity contribution is 7.92. The molecule has 1 amide bonds. The van der Waals surface area contributed by atoms with Crippen molar-refractivity contribution >= 4 is 33.2 Å². The van der Waals surface area contributed by atoms with Gasteiger partial charge in [-0.05, 0) is 37.6 Å². The Morgan fingerprint density at radius 2 is 1.72 bits per heavy atom. The highest BCUT2D eigenvalue weighted by Gasteiger charge is 2.28. The first-order valence-corrected chi connectivity index (χ1v) is 9.79. The summed E-state index contributed by atoms with van der Waals surface area (Å²) in [6.07, 6.45) is 0.753. The summed E-state index contributed by atoms with van der Waals surface area (Å²) in [5.74, 6) is -0.381. The number of rotatable bonds is 7. The Morgan fingerprint density at radius 1 is 1.12 bits per heavy atom. The minimum Gasteiger partial charge on any atom is -0.352 e. The first-order chi connectivity index (χ1) is 11.9. The first kappa shape index (κ1) is 19.3. The van der Waals surface area contributed by atoms with Crippen molar-refractivity contribution in [3.63, 3.8) is 0 Å². The standard InChI is InChI=1S/C18H21ClN2O3S/c1-3-14(2)20-18(22)13-21(17-12-8-7-11-16(17)19)25(23,24)15-9-5-4-6-10-15/h4-12,14H,3,13H2,1-2H3,(H,20,22)/t14-/m1/s1. The zero-order chi connectivity index (χ0) is 18.4. The van der Waals surface area contributed by atoms with Crippen LogP contribution in [0.4, 0.5) is 5.69 Å². The van der Waals surface area contributed by atoms with Crippen LogP contribution in [0.15, 0.2) is 59.5 Å². The molecule has 0 saturated heterocycles. The molecule has 0 radical (unpaired) electrons. The van der Waals surface area contributed by atoms with Gasteiger partial charge in [-0.25, -0.2) is 8.42 Å². The molecular weight excluding hydrogens is 360 g/mol. The van der Waals surface area contributed by atoms with Gasteiger partial charge in [0.25, 0.3) is 10.0 Å². The van der Waals surface area contributed by atoms with Crippen LogP contribution in [0.1, 0.15) is 20.3 Å². The maximum absolute atomic E-state index is 13.1. The lowest BCUT2D eigenvalue weighted by molar-refractivity contribution is -0.120. The SMILES string of the molecule is CC[C@@H](C)NC(=O)CN(c1ccccc1Cl)S(=O)(=O)c1ccccc1. The van der Waals surface area contributed by atoms with E-state index in [1.165, 1.54) is 12.1 Å². The predicted octanol–water partition coefficient (Wildman–Crippen LogP) is 3.45. The smallest absolute Gasteiger partial charge is 0.264 e. The van der Waals surface area contributed by atoms with Gasteiger partial charge in [-0.3, -0.25) is 9.10 Å². The third-order valence-corrected chi connectivity index (χ3v) is 5.85. The maximum atomic E-state index is 13.1. The molecule has 7 heteroatoms. The van der Waals surface area contributed by atoms with Crippen LogP contribution in [-0.4, -0.2) is 26.9 Å². The Labute approximate surface area is 153 Å². The molecule has 0 heterocycles. The van der Waals surface area contributed by atoms with E-state index in [-0.39, 0.29) is 34.1 Å². The minimum atomic E-state index is -3.93. The number of nitrogens with zero attached hydrogens (tertiary/aromatic N) is 1. The van der Waals surface area contributed by atoms with E-state index >= 15 is 0 Å². The molecule has 134 valence electrons. The number of carbonyl (C=O) groups excluding carboxylic acids is 1. The molecule has 0 aliphatic rings. The van der Waals surface area contributed by atoms with E-state index < -0.39 is 10.0 Å². The molecule has 0 bridgehead atoms. The molecule has 25 heavy (non-hydrogen) atoms. The Balaban J connectivity index is 2.43. The van der Waals surface area contributed by atoms with Crippen LogP contribution in [0, 0.1) is 0 Å². The number of anilines is 1. The van der Waals surface area contributed by atoms with E-state index in [4.69, 9.17) is 11.6 Å². The predicted molar refractivity (Wildman–Crippen MR) is 100 cm³/mol. The molecule has 1 atom stereocenters. The molecule has 0 saturated carbocycles. The lowest BCUT2D eigenvalue weighted by atomic mass is 10.2. The average Bonchev–Trinajstić information content (AvgIpc) is 2.61. The molecule has 2 rings (SSSR count). The summed E-state index contributed by atoms with van der Waals surface area (Å²) in [6, 6.07) is 14.5. The van der Waals surface area contributed by atoms with E-state index in [9.17, 15) is 13.2 Å². The molecular formula is C18H21ClN2O3S. The summed E-state index contributed by atoms with van der Waals surface area (Å²) in [6.45, 7) is 3.46. The largest absolute Gasteiger partial charge is 0.352 e. The quantitative estimate of drug-likeness (QED) is 0.800. The van der Waals surface area contributed by atoms with Crippen LogP contribution in [0.25, 0.3) is 0 Å². The molecule has 2 aromatic carbocycles. The fourth-order valence-electron chi connectivity index (χ4n) is 2.23. The van der Waals surface area contributed by atoms with E-state index in [0.29, 0.717) is 0 Å². The summed E-state index contributed by atoms with van der Waals surface area (Å²) in [5.41, 5.74) is 0.271. The number of amides is 1. The number of para-hydroxylation sites is 1. The second kappa shape index (κ2) is 8.36. The van der Waals surface area contributed by atoms with Crippen LogP contribution in [0.2, 0.25) is 5.02 Å². The molecule has 0 aromatic heterocycles.